The quantitative estimate of drug-likeness (QED) is 0.366. The second-order valence-electron chi connectivity index (χ2n) is 6.11. The molecule has 0 amide bonds. The fourth-order valence-corrected chi connectivity index (χ4v) is 3.30. The lowest BCUT2D eigenvalue weighted by molar-refractivity contribution is 0.464. The number of fused-ring (bicyclic) bond motifs is 1. The zero-order valence-electron chi connectivity index (χ0n) is 12.5. The number of hydrogen-bond donors (Lipinski definition) is 2. The fourth-order valence-electron chi connectivity index (χ4n) is 2.38. The molecule has 0 spiro atoms. The van der Waals surface area contributed by atoms with Crippen LogP contribution in [-0.4, -0.2) is 26.4 Å². The van der Waals surface area contributed by atoms with Gasteiger partial charge in [0.1, 0.15) is 5.82 Å². The van der Waals surface area contributed by atoms with E-state index in [0.717, 1.165) is 42.5 Å². The number of amidine groups is 1. The molecule has 0 saturated heterocycles. The maximum atomic E-state index is 7.57. The van der Waals surface area contributed by atoms with E-state index in [2.05, 4.69) is 14.8 Å². The van der Waals surface area contributed by atoms with Gasteiger partial charge in [-0.15, -0.1) is 10.2 Å². The molecular weight excluding hydrogens is 270 g/mol. The van der Waals surface area contributed by atoms with Gasteiger partial charge in [-0.3, -0.25) is 5.41 Å². The summed E-state index contributed by atoms with van der Waals surface area (Å²) >= 11 is 1.78. The van der Waals surface area contributed by atoms with Gasteiger partial charge in [-0.05, 0) is 25.7 Å². The van der Waals surface area contributed by atoms with Gasteiger partial charge in [0.05, 0.1) is 5.84 Å². The van der Waals surface area contributed by atoms with Gasteiger partial charge < -0.3 is 10.3 Å². The highest BCUT2D eigenvalue weighted by molar-refractivity contribution is 7.99. The summed E-state index contributed by atoms with van der Waals surface area (Å²) < 4.78 is 2.29. The van der Waals surface area contributed by atoms with Crippen molar-refractivity contribution in [2.75, 3.05) is 5.75 Å². The normalized spacial score (nSPS) is 15.7. The number of thioether (sulfide) groups is 1. The molecule has 6 heteroatoms. The average Bonchev–Trinajstić information content (AvgIpc) is 2.62. The predicted molar refractivity (Wildman–Crippen MR) is 83.2 cm³/mol. The van der Waals surface area contributed by atoms with Crippen molar-refractivity contribution in [3.63, 3.8) is 0 Å². The Morgan fingerprint density at radius 2 is 2.15 bits per heavy atom. The summed E-state index contributed by atoms with van der Waals surface area (Å²) in [4.78, 5) is 0. The number of aryl methyl sites for hydroxylation is 1. The first-order chi connectivity index (χ1) is 9.50. The summed E-state index contributed by atoms with van der Waals surface area (Å²) in [6, 6.07) is 0. The summed E-state index contributed by atoms with van der Waals surface area (Å²) in [6.07, 6.45) is 6.80. The Morgan fingerprint density at radius 3 is 2.90 bits per heavy atom. The third-order valence-corrected chi connectivity index (χ3v) is 5.03. The van der Waals surface area contributed by atoms with Crippen LogP contribution in [-0.2, 0) is 13.0 Å². The van der Waals surface area contributed by atoms with E-state index in [-0.39, 0.29) is 11.3 Å². The molecule has 0 fully saturated rings. The van der Waals surface area contributed by atoms with Crippen LogP contribution in [0.5, 0.6) is 0 Å². The molecule has 0 saturated carbocycles. The maximum Gasteiger partial charge on any atom is 0.191 e. The molecule has 1 aliphatic rings. The monoisotopic (exact) mass is 295 g/mol. The predicted octanol–water partition coefficient (Wildman–Crippen LogP) is 2.84. The number of rotatable bonds is 6. The molecule has 0 aromatic carbocycles. The van der Waals surface area contributed by atoms with Gasteiger partial charge in [0.15, 0.2) is 5.16 Å². The molecule has 20 heavy (non-hydrogen) atoms. The molecule has 3 N–H and O–H groups in total. The molecule has 0 aliphatic carbocycles. The van der Waals surface area contributed by atoms with E-state index >= 15 is 0 Å². The standard InChI is InChI=1S/C14H25N5S/c1-14(2,12(15)16)8-6-10-20-13-18-17-11-7-4-3-5-9-19(11)13/h3-10H2,1-2H3,(H3,15,16). The highest BCUT2D eigenvalue weighted by Gasteiger charge is 2.21. The van der Waals surface area contributed by atoms with Crippen LogP contribution in [0.1, 0.15) is 51.8 Å². The van der Waals surface area contributed by atoms with Crippen molar-refractivity contribution in [1.29, 1.82) is 5.41 Å². The Kier molecular flexibility index (Phi) is 5.07. The minimum absolute atomic E-state index is 0.192. The average molecular weight is 295 g/mol. The molecule has 1 aliphatic heterocycles. The van der Waals surface area contributed by atoms with Crippen LogP contribution in [0, 0.1) is 10.8 Å². The summed E-state index contributed by atoms with van der Waals surface area (Å²) in [5.41, 5.74) is 5.41. The first-order valence-electron chi connectivity index (χ1n) is 7.40. The number of nitrogens with two attached hydrogens (primary N) is 1. The lowest BCUT2D eigenvalue weighted by atomic mass is 9.87. The van der Waals surface area contributed by atoms with Crippen molar-refractivity contribution in [2.24, 2.45) is 11.1 Å². The molecule has 1 aromatic rings. The van der Waals surface area contributed by atoms with E-state index in [0.29, 0.717) is 0 Å². The largest absolute Gasteiger partial charge is 0.387 e. The minimum atomic E-state index is -0.192. The molecule has 0 bridgehead atoms. The third kappa shape index (κ3) is 3.75. The van der Waals surface area contributed by atoms with Crippen LogP contribution in [0.3, 0.4) is 0 Å². The Hall–Kier alpha value is -1.04. The molecule has 0 atom stereocenters. The Balaban J connectivity index is 1.83. The van der Waals surface area contributed by atoms with Crippen molar-refractivity contribution in [3.05, 3.63) is 5.82 Å². The summed E-state index contributed by atoms with van der Waals surface area (Å²) in [7, 11) is 0. The Labute approximate surface area is 125 Å². The van der Waals surface area contributed by atoms with E-state index < -0.39 is 0 Å². The molecular formula is C14H25N5S. The van der Waals surface area contributed by atoms with Crippen molar-refractivity contribution in [2.45, 2.75) is 64.1 Å². The molecule has 2 rings (SSSR count). The van der Waals surface area contributed by atoms with Crippen LogP contribution in [0.4, 0.5) is 0 Å². The van der Waals surface area contributed by atoms with E-state index in [4.69, 9.17) is 11.1 Å². The van der Waals surface area contributed by atoms with Crippen molar-refractivity contribution in [1.82, 2.24) is 14.8 Å². The van der Waals surface area contributed by atoms with Gasteiger partial charge in [-0.1, -0.05) is 32.0 Å². The number of nitrogens with zero attached hydrogens (tertiary/aromatic N) is 3. The zero-order valence-corrected chi connectivity index (χ0v) is 13.3. The smallest absolute Gasteiger partial charge is 0.191 e. The van der Waals surface area contributed by atoms with Gasteiger partial charge in [0.2, 0.25) is 0 Å². The van der Waals surface area contributed by atoms with Crippen LogP contribution >= 0.6 is 11.8 Å². The second-order valence-corrected chi connectivity index (χ2v) is 7.17. The van der Waals surface area contributed by atoms with Gasteiger partial charge in [0, 0.05) is 24.1 Å². The topological polar surface area (TPSA) is 80.6 Å². The Bertz CT molecular complexity index is 466. The highest BCUT2D eigenvalue weighted by atomic mass is 32.2. The van der Waals surface area contributed by atoms with E-state index in [9.17, 15) is 0 Å². The molecule has 0 unspecified atom stereocenters. The van der Waals surface area contributed by atoms with Crippen molar-refractivity contribution >= 4 is 17.6 Å². The van der Waals surface area contributed by atoms with E-state index in [1.54, 1.807) is 11.8 Å². The van der Waals surface area contributed by atoms with E-state index in [1.807, 2.05) is 13.8 Å². The Morgan fingerprint density at radius 1 is 1.35 bits per heavy atom. The summed E-state index contributed by atoms with van der Waals surface area (Å²) in [5, 5.41) is 17.3. The van der Waals surface area contributed by atoms with Crippen molar-refractivity contribution < 1.29 is 0 Å². The SMILES string of the molecule is CC(C)(CCCSc1nnc2n1CCCCC2)C(=N)N. The van der Waals surface area contributed by atoms with Gasteiger partial charge in [-0.25, -0.2) is 0 Å². The molecule has 5 nitrogen and oxygen atoms in total. The molecule has 112 valence electrons. The maximum absolute atomic E-state index is 7.57. The number of aromatic nitrogens is 3. The highest BCUT2D eigenvalue weighted by Crippen LogP contribution is 2.26. The molecule has 1 aromatic heterocycles. The molecule has 0 radical (unpaired) electrons. The molecule has 2 heterocycles. The van der Waals surface area contributed by atoms with Crippen molar-refractivity contribution in [3.8, 4) is 0 Å². The van der Waals surface area contributed by atoms with E-state index in [1.165, 1.54) is 19.3 Å². The fraction of sp³-hybridized carbons (Fsp3) is 0.786. The van der Waals surface area contributed by atoms with Crippen LogP contribution in [0.2, 0.25) is 0 Å². The minimum Gasteiger partial charge on any atom is -0.387 e. The second kappa shape index (κ2) is 6.61. The van der Waals surface area contributed by atoms with Gasteiger partial charge >= 0.3 is 0 Å². The third-order valence-electron chi connectivity index (χ3n) is 3.98. The van der Waals surface area contributed by atoms with Gasteiger partial charge in [-0.2, -0.15) is 0 Å². The zero-order chi connectivity index (χ0) is 14.6. The number of hydrogen-bond acceptors (Lipinski definition) is 4. The number of nitrogens with one attached hydrogen (secondary N) is 1. The first kappa shape index (κ1) is 15.4. The van der Waals surface area contributed by atoms with Crippen LogP contribution in [0.15, 0.2) is 5.16 Å². The lowest BCUT2D eigenvalue weighted by Gasteiger charge is -2.22. The first-order valence-corrected chi connectivity index (χ1v) is 8.38. The lowest BCUT2D eigenvalue weighted by Crippen LogP contribution is -2.30. The summed E-state index contributed by atoms with van der Waals surface area (Å²) in [5.74, 6) is 2.43. The van der Waals surface area contributed by atoms with Gasteiger partial charge in [0.25, 0.3) is 0 Å². The van der Waals surface area contributed by atoms with Crippen LogP contribution in [0.25, 0.3) is 0 Å². The summed E-state index contributed by atoms with van der Waals surface area (Å²) in [6.45, 7) is 5.12. The van der Waals surface area contributed by atoms with Crippen LogP contribution < -0.4 is 5.73 Å².